The minimum Gasteiger partial charge on any atom is -0.497 e. The summed E-state index contributed by atoms with van der Waals surface area (Å²) in [5, 5.41) is 1.66. The standard InChI is InChI=1S/C15H13ClN2OS/c1-19-12-5-6-13-14(8-12)18-15(17-13)20-9-10-3-2-4-11(16)7-10/h2-8H,9H2,1H3,(H,17,18). The second kappa shape index (κ2) is 5.77. The number of nitrogens with one attached hydrogen (secondary N) is 1. The lowest BCUT2D eigenvalue weighted by Crippen LogP contribution is -1.81. The number of H-pyrrole nitrogens is 1. The third-order valence-corrected chi connectivity index (χ3v) is 4.11. The highest BCUT2D eigenvalue weighted by Gasteiger charge is 2.05. The fourth-order valence-corrected chi connectivity index (χ4v) is 2.98. The minimum atomic E-state index is 0.762. The van der Waals surface area contributed by atoms with E-state index >= 15 is 0 Å². The summed E-state index contributed by atoms with van der Waals surface area (Å²) >= 11 is 7.63. The molecule has 1 heterocycles. The average molecular weight is 305 g/mol. The zero-order valence-corrected chi connectivity index (χ0v) is 12.5. The van der Waals surface area contributed by atoms with Gasteiger partial charge in [0.25, 0.3) is 0 Å². The molecule has 0 fully saturated rings. The number of hydrogen-bond donors (Lipinski definition) is 1. The Kier molecular flexibility index (Phi) is 3.85. The van der Waals surface area contributed by atoms with Crippen LogP contribution in [0.2, 0.25) is 5.02 Å². The maximum atomic E-state index is 5.98. The van der Waals surface area contributed by atoms with Gasteiger partial charge in [-0.2, -0.15) is 0 Å². The van der Waals surface area contributed by atoms with Gasteiger partial charge in [0.15, 0.2) is 5.16 Å². The first-order valence-corrected chi connectivity index (χ1v) is 7.52. The van der Waals surface area contributed by atoms with Gasteiger partial charge in [-0.05, 0) is 29.8 Å². The van der Waals surface area contributed by atoms with Crippen LogP contribution in [-0.2, 0) is 5.75 Å². The first-order valence-electron chi connectivity index (χ1n) is 6.15. The van der Waals surface area contributed by atoms with Crippen molar-refractivity contribution in [3.63, 3.8) is 0 Å². The second-order valence-corrected chi connectivity index (χ2v) is 5.74. The summed E-state index contributed by atoms with van der Waals surface area (Å²) in [5.74, 6) is 1.66. The van der Waals surface area contributed by atoms with Gasteiger partial charge in [-0.25, -0.2) is 4.98 Å². The molecule has 20 heavy (non-hydrogen) atoms. The van der Waals surface area contributed by atoms with E-state index in [1.807, 2.05) is 36.4 Å². The van der Waals surface area contributed by atoms with Crippen LogP contribution in [0.25, 0.3) is 11.0 Å². The van der Waals surface area contributed by atoms with Crippen molar-refractivity contribution >= 4 is 34.4 Å². The van der Waals surface area contributed by atoms with Crippen LogP contribution in [0.5, 0.6) is 5.75 Å². The van der Waals surface area contributed by atoms with Gasteiger partial charge < -0.3 is 9.72 Å². The molecule has 0 spiro atoms. The molecule has 0 radical (unpaired) electrons. The average Bonchev–Trinajstić information content (AvgIpc) is 2.87. The molecule has 0 aliphatic heterocycles. The van der Waals surface area contributed by atoms with Crippen molar-refractivity contribution in [1.82, 2.24) is 9.97 Å². The first-order chi connectivity index (χ1) is 9.74. The summed E-state index contributed by atoms with van der Waals surface area (Å²) in [6.07, 6.45) is 0. The molecule has 0 unspecified atom stereocenters. The van der Waals surface area contributed by atoms with E-state index < -0.39 is 0 Å². The highest BCUT2D eigenvalue weighted by Crippen LogP contribution is 2.26. The minimum absolute atomic E-state index is 0.762. The van der Waals surface area contributed by atoms with E-state index in [1.165, 1.54) is 5.56 Å². The van der Waals surface area contributed by atoms with Crippen molar-refractivity contribution in [3.8, 4) is 5.75 Å². The number of benzene rings is 2. The van der Waals surface area contributed by atoms with Crippen LogP contribution in [-0.4, -0.2) is 17.1 Å². The van der Waals surface area contributed by atoms with Gasteiger partial charge in [0.2, 0.25) is 0 Å². The number of nitrogens with zero attached hydrogens (tertiary/aromatic N) is 1. The topological polar surface area (TPSA) is 37.9 Å². The molecule has 1 aromatic heterocycles. The van der Waals surface area contributed by atoms with Crippen molar-refractivity contribution in [1.29, 1.82) is 0 Å². The Balaban J connectivity index is 1.77. The monoisotopic (exact) mass is 304 g/mol. The number of methoxy groups -OCH3 is 1. The molecule has 0 atom stereocenters. The molecule has 0 aliphatic carbocycles. The van der Waals surface area contributed by atoms with Crippen molar-refractivity contribution in [2.75, 3.05) is 7.11 Å². The molecule has 0 bridgehead atoms. The number of halogens is 1. The zero-order valence-electron chi connectivity index (χ0n) is 10.9. The third-order valence-electron chi connectivity index (χ3n) is 2.93. The smallest absolute Gasteiger partial charge is 0.166 e. The van der Waals surface area contributed by atoms with Gasteiger partial charge >= 0.3 is 0 Å². The molecule has 2 aromatic carbocycles. The van der Waals surface area contributed by atoms with Gasteiger partial charge in [-0.15, -0.1) is 0 Å². The number of thioether (sulfide) groups is 1. The fourth-order valence-electron chi connectivity index (χ4n) is 1.94. The van der Waals surface area contributed by atoms with E-state index in [-0.39, 0.29) is 0 Å². The molecular formula is C15H13ClN2OS. The Morgan fingerprint density at radius 1 is 1.25 bits per heavy atom. The Morgan fingerprint density at radius 3 is 2.95 bits per heavy atom. The highest BCUT2D eigenvalue weighted by molar-refractivity contribution is 7.98. The number of hydrogen-bond acceptors (Lipinski definition) is 3. The van der Waals surface area contributed by atoms with Crippen LogP contribution in [0.1, 0.15) is 5.56 Å². The van der Waals surface area contributed by atoms with Crippen molar-refractivity contribution < 1.29 is 4.74 Å². The lowest BCUT2D eigenvalue weighted by Gasteiger charge is -1.99. The Labute approximate surface area is 126 Å². The maximum absolute atomic E-state index is 5.98. The Hall–Kier alpha value is -1.65. The highest BCUT2D eigenvalue weighted by atomic mass is 35.5. The summed E-state index contributed by atoms with van der Waals surface area (Å²) in [4.78, 5) is 7.84. The molecule has 0 saturated carbocycles. The van der Waals surface area contributed by atoms with Gasteiger partial charge in [0.1, 0.15) is 5.75 Å². The summed E-state index contributed by atoms with van der Waals surface area (Å²) < 4.78 is 5.20. The maximum Gasteiger partial charge on any atom is 0.166 e. The van der Waals surface area contributed by atoms with E-state index in [4.69, 9.17) is 16.3 Å². The van der Waals surface area contributed by atoms with Crippen LogP contribution in [0.3, 0.4) is 0 Å². The molecule has 5 heteroatoms. The predicted molar refractivity (Wildman–Crippen MR) is 83.7 cm³/mol. The summed E-state index contributed by atoms with van der Waals surface area (Å²) in [6.45, 7) is 0. The van der Waals surface area contributed by atoms with E-state index in [0.717, 1.165) is 32.7 Å². The lowest BCUT2D eigenvalue weighted by atomic mass is 10.2. The van der Waals surface area contributed by atoms with E-state index in [2.05, 4.69) is 16.0 Å². The van der Waals surface area contributed by atoms with Gasteiger partial charge in [-0.3, -0.25) is 0 Å². The third kappa shape index (κ3) is 2.92. The van der Waals surface area contributed by atoms with Crippen molar-refractivity contribution in [2.45, 2.75) is 10.9 Å². The summed E-state index contributed by atoms with van der Waals surface area (Å²) in [5.41, 5.74) is 3.11. The molecular weight excluding hydrogens is 292 g/mol. The van der Waals surface area contributed by atoms with Crippen LogP contribution in [0.4, 0.5) is 0 Å². The van der Waals surface area contributed by atoms with E-state index in [1.54, 1.807) is 18.9 Å². The van der Waals surface area contributed by atoms with Crippen LogP contribution < -0.4 is 4.74 Å². The van der Waals surface area contributed by atoms with E-state index in [0.29, 0.717) is 0 Å². The fraction of sp³-hybridized carbons (Fsp3) is 0.133. The molecule has 102 valence electrons. The molecule has 0 saturated heterocycles. The number of imidazole rings is 1. The normalized spacial score (nSPS) is 10.9. The first kappa shape index (κ1) is 13.3. The van der Waals surface area contributed by atoms with Gasteiger partial charge in [0.05, 0.1) is 18.1 Å². The zero-order chi connectivity index (χ0) is 13.9. The van der Waals surface area contributed by atoms with Gasteiger partial charge in [0, 0.05) is 16.8 Å². The number of fused-ring (bicyclic) bond motifs is 1. The number of rotatable bonds is 4. The quantitative estimate of drug-likeness (QED) is 0.720. The number of ether oxygens (including phenoxy) is 1. The summed E-state index contributed by atoms with van der Waals surface area (Å²) in [6, 6.07) is 13.7. The SMILES string of the molecule is COc1ccc2nc(SCc3cccc(Cl)c3)[nH]c2c1. The Morgan fingerprint density at radius 2 is 2.15 bits per heavy atom. The molecule has 3 aromatic rings. The van der Waals surface area contributed by atoms with E-state index in [9.17, 15) is 0 Å². The summed E-state index contributed by atoms with van der Waals surface area (Å²) in [7, 11) is 1.66. The lowest BCUT2D eigenvalue weighted by molar-refractivity contribution is 0.415. The predicted octanol–water partition coefficient (Wildman–Crippen LogP) is 4.52. The second-order valence-electron chi connectivity index (χ2n) is 4.34. The number of aromatic nitrogens is 2. The molecule has 1 N–H and O–H groups in total. The molecule has 0 amide bonds. The molecule has 3 nitrogen and oxygen atoms in total. The van der Waals surface area contributed by atoms with Crippen LogP contribution >= 0.6 is 23.4 Å². The van der Waals surface area contributed by atoms with Crippen LogP contribution in [0, 0.1) is 0 Å². The van der Waals surface area contributed by atoms with Crippen LogP contribution in [0.15, 0.2) is 47.6 Å². The molecule has 0 aliphatic rings. The van der Waals surface area contributed by atoms with Gasteiger partial charge in [-0.1, -0.05) is 35.5 Å². The largest absolute Gasteiger partial charge is 0.497 e. The van der Waals surface area contributed by atoms with Crippen molar-refractivity contribution in [3.05, 3.63) is 53.1 Å². The Bertz CT molecular complexity index is 742. The molecule has 3 rings (SSSR count). The van der Waals surface area contributed by atoms with Crippen molar-refractivity contribution in [2.24, 2.45) is 0 Å². The number of aromatic amines is 1.